The van der Waals surface area contributed by atoms with Crippen molar-refractivity contribution in [2.24, 2.45) is 0 Å². The Morgan fingerprint density at radius 3 is 1.88 bits per heavy atom. The molecule has 0 aromatic heterocycles. The third-order valence-electron chi connectivity index (χ3n) is 2.48. The SMILES string of the molecule is CCCSCCCCCCCCSC(C)C. The molecule has 0 heterocycles. The van der Waals surface area contributed by atoms with Gasteiger partial charge < -0.3 is 0 Å². The predicted molar refractivity (Wildman–Crippen MR) is 82.9 cm³/mol. The molecule has 0 aliphatic heterocycles. The van der Waals surface area contributed by atoms with Crippen LogP contribution in [0.4, 0.5) is 0 Å². The summed E-state index contributed by atoms with van der Waals surface area (Å²) in [7, 11) is 0. The Morgan fingerprint density at radius 1 is 0.750 bits per heavy atom. The molecule has 0 aromatic rings. The van der Waals surface area contributed by atoms with Gasteiger partial charge in [0, 0.05) is 0 Å². The summed E-state index contributed by atoms with van der Waals surface area (Å²) in [6, 6.07) is 0. The van der Waals surface area contributed by atoms with E-state index in [1.807, 2.05) is 0 Å². The van der Waals surface area contributed by atoms with Crippen LogP contribution in [-0.4, -0.2) is 22.5 Å². The normalized spacial score (nSPS) is 11.2. The van der Waals surface area contributed by atoms with Crippen molar-refractivity contribution in [1.82, 2.24) is 0 Å². The number of hydrogen-bond donors (Lipinski definition) is 0. The van der Waals surface area contributed by atoms with E-state index in [9.17, 15) is 0 Å². The Balaban J connectivity index is 2.88. The van der Waals surface area contributed by atoms with E-state index < -0.39 is 0 Å². The average molecular weight is 263 g/mol. The summed E-state index contributed by atoms with van der Waals surface area (Å²) < 4.78 is 0. The molecule has 0 aliphatic carbocycles. The maximum absolute atomic E-state index is 2.29. The Bertz CT molecular complexity index is 124. The van der Waals surface area contributed by atoms with E-state index in [-0.39, 0.29) is 0 Å². The highest BCUT2D eigenvalue weighted by Gasteiger charge is 1.95. The fraction of sp³-hybridized carbons (Fsp3) is 1.00. The van der Waals surface area contributed by atoms with Crippen molar-refractivity contribution in [3.8, 4) is 0 Å². The largest absolute Gasteiger partial charge is 0.162 e. The molecule has 0 aromatic carbocycles. The second-order valence-corrected chi connectivity index (χ2v) is 7.56. The summed E-state index contributed by atoms with van der Waals surface area (Å²) in [5, 5.41) is 0.815. The summed E-state index contributed by atoms with van der Waals surface area (Å²) in [6.45, 7) is 6.85. The number of hydrogen-bond acceptors (Lipinski definition) is 2. The summed E-state index contributed by atoms with van der Waals surface area (Å²) in [5.74, 6) is 4.10. The lowest BCUT2D eigenvalue weighted by atomic mass is 10.1. The Labute approximate surface area is 112 Å². The minimum atomic E-state index is 0.815. The van der Waals surface area contributed by atoms with E-state index in [1.165, 1.54) is 62.2 Å². The maximum atomic E-state index is 2.29. The van der Waals surface area contributed by atoms with Crippen molar-refractivity contribution in [3.63, 3.8) is 0 Å². The molecule has 0 radical (unpaired) electrons. The molecule has 0 spiro atoms. The highest BCUT2D eigenvalue weighted by Crippen LogP contribution is 2.14. The molecule has 0 saturated heterocycles. The van der Waals surface area contributed by atoms with E-state index >= 15 is 0 Å². The molecule has 0 rings (SSSR count). The van der Waals surface area contributed by atoms with Crippen molar-refractivity contribution >= 4 is 23.5 Å². The van der Waals surface area contributed by atoms with Crippen LogP contribution in [0.3, 0.4) is 0 Å². The zero-order valence-electron chi connectivity index (χ0n) is 11.5. The van der Waals surface area contributed by atoms with Crippen molar-refractivity contribution in [2.45, 2.75) is 71.0 Å². The van der Waals surface area contributed by atoms with E-state index in [0.717, 1.165) is 5.25 Å². The lowest BCUT2D eigenvalue weighted by Crippen LogP contribution is -1.90. The molecule has 0 fully saturated rings. The zero-order chi connectivity index (χ0) is 12.1. The van der Waals surface area contributed by atoms with Crippen molar-refractivity contribution in [2.75, 3.05) is 17.3 Å². The van der Waals surface area contributed by atoms with Crippen molar-refractivity contribution < 1.29 is 0 Å². The van der Waals surface area contributed by atoms with E-state index in [0.29, 0.717) is 0 Å². The molecule has 2 heteroatoms. The van der Waals surface area contributed by atoms with Crippen molar-refractivity contribution in [3.05, 3.63) is 0 Å². The van der Waals surface area contributed by atoms with E-state index in [4.69, 9.17) is 0 Å². The quantitative estimate of drug-likeness (QED) is 0.419. The molecule has 0 saturated carbocycles. The molecule has 98 valence electrons. The highest BCUT2D eigenvalue weighted by atomic mass is 32.2. The smallest absolute Gasteiger partial charge is 0.000968 e. The number of unbranched alkanes of at least 4 members (excludes halogenated alkanes) is 5. The minimum Gasteiger partial charge on any atom is -0.162 e. The topological polar surface area (TPSA) is 0 Å². The predicted octanol–water partition coefficient (Wildman–Crippen LogP) is 5.61. The van der Waals surface area contributed by atoms with Gasteiger partial charge in [0.2, 0.25) is 0 Å². The van der Waals surface area contributed by atoms with Gasteiger partial charge in [-0.05, 0) is 41.8 Å². The monoisotopic (exact) mass is 262 g/mol. The van der Waals surface area contributed by atoms with Gasteiger partial charge in [-0.3, -0.25) is 0 Å². The fourth-order valence-corrected chi connectivity index (χ4v) is 3.32. The van der Waals surface area contributed by atoms with Crippen molar-refractivity contribution in [1.29, 1.82) is 0 Å². The molecule has 0 nitrogen and oxygen atoms in total. The van der Waals surface area contributed by atoms with Crippen LogP contribution >= 0.6 is 23.5 Å². The molecular weight excluding hydrogens is 232 g/mol. The molecule has 0 unspecified atom stereocenters. The van der Waals surface area contributed by atoms with Gasteiger partial charge in [0.25, 0.3) is 0 Å². The first-order valence-electron chi connectivity index (χ1n) is 6.96. The summed E-state index contributed by atoms with van der Waals surface area (Å²) in [6.07, 6.45) is 10.0. The van der Waals surface area contributed by atoms with E-state index in [1.54, 1.807) is 0 Å². The average Bonchev–Trinajstić information content (AvgIpc) is 2.25. The standard InChI is InChI=1S/C14H30S2/c1-4-11-15-12-9-7-5-6-8-10-13-16-14(2)3/h14H,4-13H2,1-3H3. The Hall–Kier alpha value is 0.700. The molecule has 0 bridgehead atoms. The van der Waals surface area contributed by atoms with Gasteiger partial charge in [-0.15, -0.1) is 0 Å². The van der Waals surface area contributed by atoms with Crippen LogP contribution < -0.4 is 0 Å². The van der Waals surface area contributed by atoms with Gasteiger partial charge >= 0.3 is 0 Å². The van der Waals surface area contributed by atoms with Crippen LogP contribution in [0.1, 0.15) is 65.7 Å². The second kappa shape index (κ2) is 13.8. The molecule has 16 heavy (non-hydrogen) atoms. The van der Waals surface area contributed by atoms with Gasteiger partial charge in [-0.1, -0.05) is 46.5 Å². The van der Waals surface area contributed by atoms with Gasteiger partial charge in [0.1, 0.15) is 0 Å². The van der Waals surface area contributed by atoms with Crippen LogP contribution in [0.25, 0.3) is 0 Å². The lowest BCUT2D eigenvalue weighted by molar-refractivity contribution is 0.629. The van der Waals surface area contributed by atoms with Gasteiger partial charge in [0.05, 0.1) is 0 Å². The molecule has 0 N–H and O–H groups in total. The summed E-state index contributed by atoms with van der Waals surface area (Å²) in [5.41, 5.74) is 0. The van der Waals surface area contributed by atoms with Gasteiger partial charge in [0.15, 0.2) is 0 Å². The van der Waals surface area contributed by atoms with Crippen LogP contribution in [0.5, 0.6) is 0 Å². The van der Waals surface area contributed by atoms with Gasteiger partial charge in [-0.2, -0.15) is 23.5 Å². The zero-order valence-corrected chi connectivity index (χ0v) is 13.1. The molecule has 0 amide bonds. The highest BCUT2D eigenvalue weighted by molar-refractivity contribution is 7.99. The maximum Gasteiger partial charge on any atom is -0.000968 e. The first-order valence-corrected chi connectivity index (χ1v) is 9.17. The molecular formula is C14H30S2. The molecule has 0 atom stereocenters. The van der Waals surface area contributed by atoms with Crippen LogP contribution in [0.15, 0.2) is 0 Å². The molecule has 0 aliphatic rings. The number of rotatable bonds is 12. The van der Waals surface area contributed by atoms with Crippen LogP contribution in [0.2, 0.25) is 0 Å². The number of thioether (sulfide) groups is 2. The van der Waals surface area contributed by atoms with Crippen LogP contribution in [0, 0.1) is 0 Å². The van der Waals surface area contributed by atoms with E-state index in [2.05, 4.69) is 44.3 Å². The Kier molecular flexibility index (Phi) is 14.4. The third kappa shape index (κ3) is 14.7. The lowest BCUT2D eigenvalue weighted by Gasteiger charge is -2.04. The summed E-state index contributed by atoms with van der Waals surface area (Å²) in [4.78, 5) is 0. The third-order valence-corrected chi connectivity index (χ3v) is 4.95. The first kappa shape index (κ1) is 16.7. The van der Waals surface area contributed by atoms with Crippen LogP contribution in [-0.2, 0) is 0 Å². The second-order valence-electron chi connectivity index (χ2n) is 4.65. The fourth-order valence-electron chi connectivity index (χ4n) is 1.58. The van der Waals surface area contributed by atoms with Gasteiger partial charge in [-0.25, -0.2) is 0 Å². The summed E-state index contributed by atoms with van der Waals surface area (Å²) >= 11 is 4.23. The minimum absolute atomic E-state index is 0.815. The first-order chi connectivity index (χ1) is 7.77. The Morgan fingerprint density at radius 2 is 1.31 bits per heavy atom.